The van der Waals surface area contributed by atoms with Crippen LogP contribution in [-0.4, -0.2) is 37.2 Å². The van der Waals surface area contributed by atoms with Crippen LogP contribution in [0.3, 0.4) is 0 Å². The van der Waals surface area contributed by atoms with E-state index in [1.54, 1.807) is 0 Å². The standard InChI is InChI=1S/C66H120O6/c1-4-7-10-13-16-19-22-25-28-29-30-31-32-33-34-35-36-37-39-41-44-47-50-53-56-59-65(68)71-62-63(61-70-64(67)58-55-52-49-46-43-40-27-24-21-18-15-12-9-6-3)72-66(69)60-57-54-51-48-45-42-38-26-23-20-17-14-11-8-5-2/h22,24-27,29-30,38,63H,4-21,23,28,31-37,39-62H2,1-3H3/b25-22-,27-24-,30-29-,38-26-. The molecule has 0 saturated heterocycles. The molecule has 0 amide bonds. The number of hydrogen-bond acceptors (Lipinski definition) is 6. The molecule has 0 aromatic rings. The molecule has 0 saturated carbocycles. The van der Waals surface area contributed by atoms with Crippen molar-refractivity contribution in [3.05, 3.63) is 48.6 Å². The lowest BCUT2D eigenvalue weighted by molar-refractivity contribution is -0.167. The van der Waals surface area contributed by atoms with Crippen molar-refractivity contribution in [2.24, 2.45) is 0 Å². The van der Waals surface area contributed by atoms with Crippen LogP contribution in [0.2, 0.25) is 0 Å². The van der Waals surface area contributed by atoms with E-state index in [9.17, 15) is 14.4 Å². The Balaban J connectivity index is 4.27. The number of esters is 3. The van der Waals surface area contributed by atoms with Gasteiger partial charge in [0.2, 0.25) is 0 Å². The highest BCUT2D eigenvalue weighted by Crippen LogP contribution is 2.16. The second-order valence-corrected chi connectivity index (χ2v) is 21.3. The summed E-state index contributed by atoms with van der Waals surface area (Å²) in [6.07, 6.45) is 75.4. The molecule has 420 valence electrons. The molecule has 0 heterocycles. The minimum absolute atomic E-state index is 0.0771. The number of carbonyl (C=O) groups excluding carboxylic acids is 3. The predicted molar refractivity (Wildman–Crippen MR) is 312 cm³/mol. The van der Waals surface area contributed by atoms with Gasteiger partial charge < -0.3 is 14.2 Å². The molecular weight excluding hydrogens is 889 g/mol. The van der Waals surface area contributed by atoms with Crippen LogP contribution >= 0.6 is 0 Å². The van der Waals surface area contributed by atoms with E-state index in [0.717, 1.165) is 77.0 Å². The quantitative estimate of drug-likeness (QED) is 0.0261. The Bertz CT molecular complexity index is 1250. The zero-order valence-electron chi connectivity index (χ0n) is 48.2. The van der Waals surface area contributed by atoms with Crippen molar-refractivity contribution in [1.29, 1.82) is 0 Å². The van der Waals surface area contributed by atoms with E-state index in [1.165, 1.54) is 218 Å². The Labute approximate surface area is 448 Å². The summed E-state index contributed by atoms with van der Waals surface area (Å²) in [4.78, 5) is 38.2. The van der Waals surface area contributed by atoms with Crippen LogP contribution in [0.25, 0.3) is 0 Å². The molecule has 1 atom stereocenters. The summed E-state index contributed by atoms with van der Waals surface area (Å²) >= 11 is 0. The fourth-order valence-corrected chi connectivity index (χ4v) is 9.23. The molecule has 0 aliphatic carbocycles. The largest absolute Gasteiger partial charge is 0.462 e. The molecule has 0 aromatic carbocycles. The number of rotatable bonds is 58. The number of carbonyl (C=O) groups is 3. The van der Waals surface area contributed by atoms with Gasteiger partial charge in [0, 0.05) is 19.3 Å². The molecule has 6 nitrogen and oxygen atoms in total. The maximum absolute atomic E-state index is 12.9. The highest BCUT2D eigenvalue weighted by atomic mass is 16.6. The van der Waals surface area contributed by atoms with Crippen molar-refractivity contribution in [3.63, 3.8) is 0 Å². The minimum atomic E-state index is -0.780. The monoisotopic (exact) mass is 1010 g/mol. The number of ether oxygens (including phenoxy) is 3. The van der Waals surface area contributed by atoms with Crippen LogP contribution in [0.5, 0.6) is 0 Å². The molecular formula is C66H120O6. The second-order valence-electron chi connectivity index (χ2n) is 21.3. The molecule has 0 radical (unpaired) electrons. The maximum atomic E-state index is 12.9. The fraction of sp³-hybridized carbons (Fsp3) is 0.833. The van der Waals surface area contributed by atoms with E-state index < -0.39 is 6.10 Å². The van der Waals surface area contributed by atoms with Gasteiger partial charge in [0.05, 0.1) is 0 Å². The van der Waals surface area contributed by atoms with Crippen LogP contribution in [0.1, 0.15) is 335 Å². The summed E-state index contributed by atoms with van der Waals surface area (Å²) in [5.41, 5.74) is 0. The molecule has 0 fully saturated rings. The van der Waals surface area contributed by atoms with Crippen molar-refractivity contribution in [3.8, 4) is 0 Å². The third-order valence-corrected chi connectivity index (χ3v) is 14.0. The van der Waals surface area contributed by atoms with Crippen LogP contribution < -0.4 is 0 Å². The first-order valence-electron chi connectivity index (χ1n) is 31.6. The lowest BCUT2D eigenvalue weighted by atomic mass is 10.0. The van der Waals surface area contributed by atoms with Gasteiger partial charge in [-0.15, -0.1) is 0 Å². The summed E-state index contributed by atoms with van der Waals surface area (Å²) in [6.45, 7) is 6.64. The van der Waals surface area contributed by atoms with Gasteiger partial charge in [-0.1, -0.05) is 262 Å². The Kier molecular flexibility index (Phi) is 58.7. The van der Waals surface area contributed by atoms with Crippen molar-refractivity contribution >= 4 is 17.9 Å². The van der Waals surface area contributed by atoms with Gasteiger partial charge in [-0.05, 0) is 103 Å². The summed E-state index contributed by atoms with van der Waals surface area (Å²) in [5, 5.41) is 0. The number of allylic oxidation sites excluding steroid dienone is 8. The molecule has 0 rings (SSSR count). The van der Waals surface area contributed by atoms with E-state index in [2.05, 4.69) is 69.4 Å². The first kappa shape index (κ1) is 69.4. The molecule has 0 bridgehead atoms. The third kappa shape index (κ3) is 58.3. The first-order valence-corrected chi connectivity index (χ1v) is 31.6. The summed E-state index contributed by atoms with van der Waals surface area (Å²) in [6, 6.07) is 0. The van der Waals surface area contributed by atoms with E-state index in [0.29, 0.717) is 19.3 Å². The molecule has 0 spiro atoms. The number of unbranched alkanes of at least 4 members (excludes halogenated alkanes) is 39. The molecule has 72 heavy (non-hydrogen) atoms. The van der Waals surface area contributed by atoms with Crippen molar-refractivity contribution < 1.29 is 28.6 Å². The highest BCUT2D eigenvalue weighted by Gasteiger charge is 2.19. The Morgan fingerprint density at radius 2 is 0.500 bits per heavy atom. The van der Waals surface area contributed by atoms with Crippen LogP contribution in [0.15, 0.2) is 48.6 Å². The first-order chi connectivity index (χ1) is 35.5. The molecule has 0 aromatic heterocycles. The number of hydrogen-bond donors (Lipinski definition) is 0. The van der Waals surface area contributed by atoms with Crippen LogP contribution in [0.4, 0.5) is 0 Å². The summed E-state index contributed by atoms with van der Waals surface area (Å²) in [5.74, 6) is -0.878. The molecule has 0 aliphatic heterocycles. The van der Waals surface area contributed by atoms with Crippen molar-refractivity contribution in [2.45, 2.75) is 341 Å². The average Bonchev–Trinajstić information content (AvgIpc) is 3.38. The van der Waals surface area contributed by atoms with Gasteiger partial charge in [-0.25, -0.2) is 0 Å². The minimum Gasteiger partial charge on any atom is -0.462 e. The van der Waals surface area contributed by atoms with Crippen LogP contribution in [0, 0.1) is 0 Å². The van der Waals surface area contributed by atoms with E-state index in [4.69, 9.17) is 14.2 Å². The lowest BCUT2D eigenvalue weighted by Crippen LogP contribution is -2.30. The predicted octanol–water partition coefficient (Wildman–Crippen LogP) is 21.4. The van der Waals surface area contributed by atoms with Gasteiger partial charge in [0.15, 0.2) is 6.10 Å². The van der Waals surface area contributed by atoms with Crippen molar-refractivity contribution in [1.82, 2.24) is 0 Å². The summed E-state index contributed by atoms with van der Waals surface area (Å²) < 4.78 is 16.9. The Morgan fingerprint density at radius 3 is 0.778 bits per heavy atom. The Morgan fingerprint density at radius 1 is 0.278 bits per heavy atom. The normalized spacial score (nSPS) is 12.3. The average molecular weight is 1010 g/mol. The highest BCUT2D eigenvalue weighted by molar-refractivity contribution is 5.71. The molecule has 0 aliphatic rings. The van der Waals surface area contributed by atoms with E-state index in [-0.39, 0.29) is 31.1 Å². The topological polar surface area (TPSA) is 78.9 Å². The maximum Gasteiger partial charge on any atom is 0.306 e. The van der Waals surface area contributed by atoms with E-state index >= 15 is 0 Å². The summed E-state index contributed by atoms with van der Waals surface area (Å²) in [7, 11) is 0. The van der Waals surface area contributed by atoms with Gasteiger partial charge >= 0.3 is 17.9 Å². The fourth-order valence-electron chi connectivity index (χ4n) is 9.23. The zero-order valence-corrected chi connectivity index (χ0v) is 48.2. The van der Waals surface area contributed by atoms with Gasteiger partial charge in [-0.2, -0.15) is 0 Å². The molecule has 6 heteroatoms. The third-order valence-electron chi connectivity index (χ3n) is 14.0. The van der Waals surface area contributed by atoms with Gasteiger partial charge in [0.1, 0.15) is 13.2 Å². The van der Waals surface area contributed by atoms with Crippen molar-refractivity contribution in [2.75, 3.05) is 13.2 Å². The lowest BCUT2D eigenvalue weighted by Gasteiger charge is -2.18. The molecule has 0 N–H and O–H groups in total. The SMILES string of the molecule is CCCCCCC/C=C\C/C=C\CCCCCCCCCCCCCCCC(=O)OCC(COC(=O)CCCCCCC/C=C\CCCCCCC)OC(=O)CCCCCCC/C=C\CCCCCCCC. The smallest absolute Gasteiger partial charge is 0.306 e. The van der Waals surface area contributed by atoms with Gasteiger partial charge in [-0.3, -0.25) is 14.4 Å². The van der Waals surface area contributed by atoms with E-state index in [1.807, 2.05) is 0 Å². The zero-order chi connectivity index (χ0) is 52.2. The van der Waals surface area contributed by atoms with Gasteiger partial charge in [0.25, 0.3) is 0 Å². The van der Waals surface area contributed by atoms with Crippen LogP contribution in [-0.2, 0) is 28.6 Å². The Hall–Kier alpha value is -2.63. The molecule has 1 unspecified atom stereocenters. The second kappa shape index (κ2) is 60.9.